The van der Waals surface area contributed by atoms with Crippen molar-refractivity contribution in [3.63, 3.8) is 0 Å². The largest absolute Gasteiger partial charge is 0.337 e. The summed E-state index contributed by atoms with van der Waals surface area (Å²) in [6, 6.07) is 5.39. The quantitative estimate of drug-likeness (QED) is 0.673. The highest BCUT2D eigenvalue weighted by Crippen LogP contribution is 2.29. The standard InChI is InChI=1S/C26H30F3N3O2/c1-16-14-31(9-10-32(16)26(34)18-5-3-4-6-18)15-19-11-21(28)13-24(17(19)2)30-25(33)22-8-7-20(27)12-23(22)29/h7-8,11-13,16,18H,3-6,9-10,14-15H2,1-2H3,(H,30,33). The summed E-state index contributed by atoms with van der Waals surface area (Å²) in [4.78, 5) is 29.5. The number of nitrogens with zero attached hydrogens (tertiary/aromatic N) is 2. The molecule has 1 N–H and O–H groups in total. The van der Waals surface area contributed by atoms with E-state index < -0.39 is 23.4 Å². The van der Waals surface area contributed by atoms with Gasteiger partial charge in [0.15, 0.2) is 0 Å². The van der Waals surface area contributed by atoms with Crippen LogP contribution >= 0.6 is 0 Å². The summed E-state index contributed by atoms with van der Waals surface area (Å²) < 4.78 is 41.6. The molecule has 1 heterocycles. The molecular weight excluding hydrogens is 443 g/mol. The van der Waals surface area contributed by atoms with Crippen LogP contribution < -0.4 is 5.32 Å². The van der Waals surface area contributed by atoms with Crippen molar-refractivity contribution in [2.45, 2.75) is 52.1 Å². The van der Waals surface area contributed by atoms with Crippen molar-refractivity contribution in [2.75, 3.05) is 25.0 Å². The molecule has 1 aliphatic heterocycles. The number of benzene rings is 2. The number of piperazine rings is 1. The van der Waals surface area contributed by atoms with Gasteiger partial charge in [-0.1, -0.05) is 12.8 Å². The van der Waals surface area contributed by atoms with Crippen molar-refractivity contribution in [1.82, 2.24) is 9.80 Å². The number of anilines is 1. The normalized spacial score (nSPS) is 19.4. The van der Waals surface area contributed by atoms with Gasteiger partial charge in [-0.15, -0.1) is 0 Å². The molecule has 8 heteroatoms. The Hall–Kier alpha value is -2.87. The van der Waals surface area contributed by atoms with E-state index in [-0.39, 0.29) is 29.1 Å². The smallest absolute Gasteiger partial charge is 0.258 e. The summed E-state index contributed by atoms with van der Waals surface area (Å²) in [5, 5.41) is 2.55. The van der Waals surface area contributed by atoms with E-state index in [1.165, 1.54) is 12.1 Å². The third kappa shape index (κ3) is 5.27. The van der Waals surface area contributed by atoms with Gasteiger partial charge < -0.3 is 10.2 Å². The predicted octanol–water partition coefficient (Wildman–Crippen LogP) is 4.89. The summed E-state index contributed by atoms with van der Waals surface area (Å²) in [6.45, 7) is 6.28. The monoisotopic (exact) mass is 473 g/mol. The number of nitrogens with one attached hydrogen (secondary N) is 1. The first kappa shape index (κ1) is 24.3. The molecule has 2 fully saturated rings. The van der Waals surface area contributed by atoms with Gasteiger partial charge in [-0.3, -0.25) is 14.5 Å². The Labute approximate surface area is 197 Å². The number of amides is 2. The van der Waals surface area contributed by atoms with Crippen molar-refractivity contribution in [2.24, 2.45) is 5.92 Å². The van der Waals surface area contributed by atoms with Crippen LogP contribution in [-0.4, -0.2) is 47.3 Å². The Bertz CT molecular complexity index is 1090. The summed E-state index contributed by atoms with van der Waals surface area (Å²) in [5.41, 5.74) is 1.31. The average molecular weight is 474 g/mol. The minimum Gasteiger partial charge on any atom is -0.337 e. The highest BCUT2D eigenvalue weighted by Gasteiger charge is 2.33. The lowest BCUT2D eigenvalue weighted by molar-refractivity contribution is -0.140. The zero-order valence-electron chi connectivity index (χ0n) is 19.5. The van der Waals surface area contributed by atoms with Gasteiger partial charge >= 0.3 is 0 Å². The molecule has 4 rings (SSSR count). The van der Waals surface area contributed by atoms with Crippen LogP contribution in [0.4, 0.5) is 18.9 Å². The Morgan fingerprint density at radius 2 is 1.76 bits per heavy atom. The van der Waals surface area contributed by atoms with E-state index in [9.17, 15) is 22.8 Å². The van der Waals surface area contributed by atoms with Crippen LogP contribution in [-0.2, 0) is 11.3 Å². The van der Waals surface area contributed by atoms with Gasteiger partial charge in [-0.2, -0.15) is 0 Å². The second-order valence-corrected chi connectivity index (χ2v) is 9.41. The Balaban J connectivity index is 1.44. The first-order valence-electron chi connectivity index (χ1n) is 11.8. The lowest BCUT2D eigenvalue weighted by atomic mass is 10.0. The van der Waals surface area contributed by atoms with Gasteiger partial charge in [-0.25, -0.2) is 13.2 Å². The van der Waals surface area contributed by atoms with E-state index in [2.05, 4.69) is 10.2 Å². The fourth-order valence-corrected chi connectivity index (χ4v) is 5.05. The highest BCUT2D eigenvalue weighted by atomic mass is 19.1. The highest BCUT2D eigenvalue weighted by molar-refractivity contribution is 6.04. The first-order chi connectivity index (χ1) is 16.2. The number of hydrogen-bond donors (Lipinski definition) is 1. The minimum atomic E-state index is -0.981. The molecule has 2 aromatic rings. The van der Waals surface area contributed by atoms with E-state index in [1.807, 2.05) is 11.8 Å². The number of carbonyl (C=O) groups excluding carboxylic acids is 2. The molecule has 1 unspecified atom stereocenters. The van der Waals surface area contributed by atoms with E-state index in [0.717, 1.165) is 37.8 Å². The molecule has 2 aromatic carbocycles. The molecule has 0 spiro atoms. The minimum absolute atomic E-state index is 0.0661. The van der Waals surface area contributed by atoms with Gasteiger partial charge in [-0.05, 0) is 62.1 Å². The molecule has 1 aliphatic carbocycles. The third-order valence-corrected chi connectivity index (χ3v) is 7.00. The predicted molar refractivity (Wildman–Crippen MR) is 124 cm³/mol. The lowest BCUT2D eigenvalue weighted by Gasteiger charge is -2.41. The van der Waals surface area contributed by atoms with Gasteiger partial charge in [0.1, 0.15) is 17.5 Å². The van der Waals surface area contributed by atoms with Crippen LogP contribution in [0.3, 0.4) is 0 Å². The average Bonchev–Trinajstić information content (AvgIpc) is 3.31. The van der Waals surface area contributed by atoms with Crippen LogP contribution in [0, 0.1) is 30.3 Å². The number of carbonyl (C=O) groups is 2. The zero-order valence-corrected chi connectivity index (χ0v) is 19.5. The Morgan fingerprint density at radius 1 is 1.03 bits per heavy atom. The number of rotatable bonds is 5. The third-order valence-electron chi connectivity index (χ3n) is 7.00. The van der Waals surface area contributed by atoms with Crippen molar-refractivity contribution in [3.05, 3.63) is 64.5 Å². The molecule has 182 valence electrons. The van der Waals surface area contributed by atoms with Crippen molar-refractivity contribution >= 4 is 17.5 Å². The molecule has 5 nitrogen and oxygen atoms in total. The van der Waals surface area contributed by atoms with Crippen LogP contribution in [0.15, 0.2) is 30.3 Å². The van der Waals surface area contributed by atoms with Gasteiger partial charge in [0.25, 0.3) is 5.91 Å². The molecule has 1 saturated carbocycles. The van der Waals surface area contributed by atoms with Gasteiger partial charge in [0.05, 0.1) is 5.56 Å². The molecule has 2 aliphatic rings. The molecule has 34 heavy (non-hydrogen) atoms. The van der Waals surface area contributed by atoms with E-state index in [0.29, 0.717) is 43.4 Å². The van der Waals surface area contributed by atoms with Crippen LogP contribution in [0.25, 0.3) is 0 Å². The van der Waals surface area contributed by atoms with E-state index >= 15 is 0 Å². The SMILES string of the molecule is Cc1c(CN2CCN(C(=O)C3CCCC3)C(C)C2)cc(F)cc1NC(=O)c1ccc(F)cc1F. The topological polar surface area (TPSA) is 52.6 Å². The second-order valence-electron chi connectivity index (χ2n) is 9.41. The molecular formula is C26H30F3N3O2. The molecule has 2 amide bonds. The maximum Gasteiger partial charge on any atom is 0.258 e. The summed E-state index contributed by atoms with van der Waals surface area (Å²) in [7, 11) is 0. The maximum atomic E-state index is 14.4. The van der Waals surface area contributed by atoms with Crippen LogP contribution in [0.5, 0.6) is 0 Å². The fraction of sp³-hybridized carbons (Fsp3) is 0.462. The Morgan fingerprint density at radius 3 is 2.44 bits per heavy atom. The maximum absolute atomic E-state index is 14.4. The second kappa shape index (κ2) is 10.2. The van der Waals surface area contributed by atoms with Crippen LogP contribution in [0.1, 0.15) is 54.1 Å². The van der Waals surface area contributed by atoms with Gasteiger partial charge in [0, 0.05) is 49.9 Å². The lowest BCUT2D eigenvalue weighted by Crippen LogP contribution is -2.54. The van der Waals surface area contributed by atoms with Crippen LogP contribution in [0.2, 0.25) is 0 Å². The number of hydrogen-bond acceptors (Lipinski definition) is 3. The molecule has 0 radical (unpaired) electrons. The van der Waals surface area contributed by atoms with E-state index in [1.54, 1.807) is 6.92 Å². The summed E-state index contributed by atoms with van der Waals surface area (Å²) in [5.74, 6) is -2.65. The molecule has 1 saturated heterocycles. The van der Waals surface area contributed by atoms with Crippen molar-refractivity contribution < 1.29 is 22.8 Å². The van der Waals surface area contributed by atoms with E-state index in [4.69, 9.17) is 0 Å². The van der Waals surface area contributed by atoms with Crippen molar-refractivity contribution in [3.8, 4) is 0 Å². The fourth-order valence-electron chi connectivity index (χ4n) is 5.05. The molecule has 0 aromatic heterocycles. The zero-order chi connectivity index (χ0) is 24.4. The van der Waals surface area contributed by atoms with Crippen molar-refractivity contribution in [1.29, 1.82) is 0 Å². The number of halogens is 3. The summed E-state index contributed by atoms with van der Waals surface area (Å²) >= 11 is 0. The first-order valence-corrected chi connectivity index (χ1v) is 11.8. The molecule has 1 atom stereocenters. The summed E-state index contributed by atoms with van der Waals surface area (Å²) in [6.07, 6.45) is 4.20. The van der Waals surface area contributed by atoms with Gasteiger partial charge in [0.2, 0.25) is 5.91 Å². The Kier molecular flexibility index (Phi) is 7.26. The molecule has 0 bridgehead atoms.